The summed E-state index contributed by atoms with van der Waals surface area (Å²) in [6.07, 6.45) is 5.02. The minimum absolute atomic E-state index is 0.513. The predicted molar refractivity (Wildman–Crippen MR) is 55.2 cm³/mol. The lowest BCUT2D eigenvalue weighted by Crippen LogP contribution is -1.92. The number of rotatable bonds is 3. The maximum absolute atomic E-state index is 5.39. The summed E-state index contributed by atoms with van der Waals surface area (Å²) in [5.74, 6) is 0.812. The van der Waals surface area contributed by atoms with Crippen LogP contribution in [0.2, 0.25) is 0 Å². The molecule has 0 saturated carbocycles. The normalized spacial score (nSPS) is 10.0. The highest BCUT2D eigenvalue weighted by Crippen LogP contribution is 2.17. The van der Waals surface area contributed by atoms with E-state index in [2.05, 4.69) is 16.5 Å². The summed E-state index contributed by atoms with van der Waals surface area (Å²) in [7, 11) is 0. The van der Waals surface area contributed by atoms with Crippen LogP contribution in [-0.2, 0) is 0 Å². The molecule has 0 fully saturated rings. The molecule has 2 rings (SSSR count). The van der Waals surface area contributed by atoms with Crippen LogP contribution in [0.15, 0.2) is 43.4 Å². The van der Waals surface area contributed by atoms with Gasteiger partial charge in [-0.05, 0) is 18.2 Å². The molecule has 0 bridgehead atoms. The van der Waals surface area contributed by atoms with Gasteiger partial charge in [-0.2, -0.15) is 0 Å². The average Bonchev–Trinajstić information content (AvgIpc) is 2.26. The van der Waals surface area contributed by atoms with E-state index in [0.29, 0.717) is 6.61 Å². The van der Waals surface area contributed by atoms with Crippen molar-refractivity contribution in [2.24, 2.45) is 0 Å². The zero-order chi connectivity index (χ0) is 9.80. The van der Waals surface area contributed by atoms with Crippen LogP contribution in [0.4, 0.5) is 0 Å². The Morgan fingerprint density at radius 2 is 2.36 bits per heavy atom. The van der Waals surface area contributed by atoms with Crippen LogP contribution < -0.4 is 4.74 Å². The summed E-state index contributed by atoms with van der Waals surface area (Å²) in [5.41, 5.74) is 0.922. The molecule has 0 saturated heterocycles. The highest BCUT2D eigenvalue weighted by atomic mass is 16.5. The first-order valence-corrected chi connectivity index (χ1v) is 4.33. The predicted octanol–water partition coefficient (Wildman–Crippen LogP) is 2.19. The first kappa shape index (κ1) is 8.69. The number of benzene rings is 1. The SMILES string of the molecule is C=CCOc1ccc2ncncc2c1. The molecule has 0 N–H and O–H groups in total. The van der Waals surface area contributed by atoms with Gasteiger partial charge in [0.05, 0.1) is 5.52 Å². The molecule has 1 heterocycles. The number of aromatic nitrogens is 2. The van der Waals surface area contributed by atoms with Crippen LogP contribution in [0.3, 0.4) is 0 Å². The third-order valence-electron chi connectivity index (χ3n) is 1.84. The molecule has 0 aliphatic carbocycles. The van der Waals surface area contributed by atoms with E-state index in [1.807, 2.05) is 18.2 Å². The molecule has 3 heteroatoms. The van der Waals surface area contributed by atoms with E-state index in [4.69, 9.17) is 4.74 Å². The lowest BCUT2D eigenvalue weighted by molar-refractivity contribution is 0.364. The molecule has 1 aromatic carbocycles. The second kappa shape index (κ2) is 3.87. The molecule has 0 aliphatic rings. The summed E-state index contributed by atoms with van der Waals surface area (Å²) in [4.78, 5) is 8.06. The van der Waals surface area contributed by atoms with Gasteiger partial charge >= 0.3 is 0 Å². The Morgan fingerprint density at radius 3 is 3.21 bits per heavy atom. The summed E-state index contributed by atoms with van der Waals surface area (Å²) < 4.78 is 5.39. The van der Waals surface area contributed by atoms with Gasteiger partial charge < -0.3 is 4.74 Å². The van der Waals surface area contributed by atoms with Gasteiger partial charge in [0.25, 0.3) is 0 Å². The van der Waals surface area contributed by atoms with Crippen molar-refractivity contribution in [2.75, 3.05) is 6.61 Å². The first-order valence-electron chi connectivity index (χ1n) is 4.33. The van der Waals surface area contributed by atoms with Crippen molar-refractivity contribution < 1.29 is 4.74 Å². The van der Waals surface area contributed by atoms with Crippen molar-refractivity contribution in [3.05, 3.63) is 43.4 Å². The van der Waals surface area contributed by atoms with E-state index in [9.17, 15) is 0 Å². The average molecular weight is 186 g/mol. The fraction of sp³-hybridized carbons (Fsp3) is 0.0909. The summed E-state index contributed by atoms with van der Waals surface area (Å²) in [6, 6.07) is 5.72. The molecule has 3 nitrogen and oxygen atoms in total. The van der Waals surface area contributed by atoms with Crippen LogP contribution in [0.25, 0.3) is 10.9 Å². The van der Waals surface area contributed by atoms with Gasteiger partial charge in [0.1, 0.15) is 18.7 Å². The number of hydrogen-bond acceptors (Lipinski definition) is 3. The fourth-order valence-corrected chi connectivity index (χ4v) is 1.21. The summed E-state index contributed by atoms with van der Waals surface area (Å²) >= 11 is 0. The number of nitrogens with zero attached hydrogens (tertiary/aromatic N) is 2. The standard InChI is InChI=1S/C11H10N2O/c1-2-5-14-10-3-4-11-9(6-10)7-12-8-13-11/h2-4,6-8H,1,5H2. The Kier molecular flexibility index (Phi) is 2.40. The molecular formula is C11H10N2O. The number of hydrogen-bond donors (Lipinski definition) is 0. The number of fused-ring (bicyclic) bond motifs is 1. The molecule has 0 atom stereocenters. The largest absolute Gasteiger partial charge is 0.490 e. The van der Waals surface area contributed by atoms with Gasteiger partial charge in [0, 0.05) is 11.6 Å². The van der Waals surface area contributed by atoms with Crippen LogP contribution in [0.5, 0.6) is 5.75 Å². The van der Waals surface area contributed by atoms with Crippen molar-refractivity contribution in [1.82, 2.24) is 9.97 Å². The van der Waals surface area contributed by atoms with Crippen LogP contribution in [-0.4, -0.2) is 16.6 Å². The monoisotopic (exact) mass is 186 g/mol. The van der Waals surface area contributed by atoms with Gasteiger partial charge in [0.2, 0.25) is 0 Å². The minimum atomic E-state index is 0.513. The third-order valence-corrected chi connectivity index (χ3v) is 1.84. The van der Waals surface area contributed by atoms with Gasteiger partial charge in [-0.3, -0.25) is 0 Å². The third kappa shape index (κ3) is 1.71. The van der Waals surface area contributed by atoms with Crippen LogP contribution in [0, 0.1) is 0 Å². The van der Waals surface area contributed by atoms with Crippen molar-refractivity contribution in [2.45, 2.75) is 0 Å². The van der Waals surface area contributed by atoms with Gasteiger partial charge in [-0.1, -0.05) is 12.7 Å². The van der Waals surface area contributed by atoms with E-state index < -0.39 is 0 Å². The molecule has 0 radical (unpaired) electrons. The van der Waals surface area contributed by atoms with Crippen molar-refractivity contribution in [3.8, 4) is 5.75 Å². The molecule has 2 aromatic rings. The molecule has 0 unspecified atom stereocenters. The van der Waals surface area contributed by atoms with E-state index >= 15 is 0 Å². The van der Waals surface area contributed by atoms with Gasteiger partial charge in [0.15, 0.2) is 0 Å². The summed E-state index contributed by atoms with van der Waals surface area (Å²) in [6.45, 7) is 4.10. The molecule has 0 amide bonds. The molecule has 70 valence electrons. The van der Waals surface area contributed by atoms with E-state index in [-0.39, 0.29) is 0 Å². The smallest absolute Gasteiger partial charge is 0.120 e. The second-order valence-electron chi connectivity index (χ2n) is 2.84. The Labute approximate surface area is 82.1 Å². The fourth-order valence-electron chi connectivity index (χ4n) is 1.21. The maximum atomic E-state index is 5.39. The Hall–Kier alpha value is -1.90. The van der Waals surface area contributed by atoms with Crippen LogP contribution in [0.1, 0.15) is 0 Å². The van der Waals surface area contributed by atoms with Crippen molar-refractivity contribution in [3.63, 3.8) is 0 Å². The first-order chi connectivity index (χ1) is 6.90. The quantitative estimate of drug-likeness (QED) is 0.689. The van der Waals surface area contributed by atoms with E-state index in [1.165, 1.54) is 6.33 Å². The van der Waals surface area contributed by atoms with Crippen molar-refractivity contribution >= 4 is 10.9 Å². The van der Waals surface area contributed by atoms with Crippen molar-refractivity contribution in [1.29, 1.82) is 0 Å². The second-order valence-corrected chi connectivity index (χ2v) is 2.84. The van der Waals surface area contributed by atoms with Gasteiger partial charge in [-0.25, -0.2) is 9.97 Å². The van der Waals surface area contributed by atoms with Crippen LogP contribution >= 0.6 is 0 Å². The topological polar surface area (TPSA) is 35.0 Å². The molecule has 1 aromatic heterocycles. The Balaban J connectivity index is 2.36. The highest BCUT2D eigenvalue weighted by molar-refractivity contribution is 5.78. The lowest BCUT2D eigenvalue weighted by atomic mass is 10.2. The summed E-state index contributed by atoms with van der Waals surface area (Å²) in [5, 5.41) is 0.981. The van der Waals surface area contributed by atoms with E-state index in [0.717, 1.165) is 16.7 Å². The lowest BCUT2D eigenvalue weighted by Gasteiger charge is -2.03. The zero-order valence-corrected chi connectivity index (χ0v) is 7.68. The number of ether oxygens (including phenoxy) is 1. The molecular weight excluding hydrogens is 176 g/mol. The van der Waals surface area contributed by atoms with Gasteiger partial charge in [-0.15, -0.1) is 0 Å². The highest BCUT2D eigenvalue weighted by Gasteiger charge is 1.96. The molecule has 0 spiro atoms. The minimum Gasteiger partial charge on any atom is -0.490 e. The Morgan fingerprint density at radius 1 is 1.43 bits per heavy atom. The van der Waals surface area contributed by atoms with E-state index in [1.54, 1.807) is 12.3 Å². The zero-order valence-electron chi connectivity index (χ0n) is 7.68. The molecule has 0 aliphatic heterocycles. The molecule has 14 heavy (non-hydrogen) atoms. The maximum Gasteiger partial charge on any atom is 0.120 e. The Bertz CT molecular complexity index is 454.